The molecule has 0 radical (unpaired) electrons. The van der Waals surface area contributed by atoms with Crippen molar-refractivity contribution >= 4 is 24.0 Å². The molecule has 0 aromatic rings. The van der Waals surface area contributed by atoms with Crippen LogP contribution in [0, 0.1) is 0 Å². The first kappa shape index (κ1) is 5.96. The molecule has 3 heteroatoms. The summed E-state index contributed by atoms with van der Waals surface area (Å²) in [6.07, 6.45) is 0. The zero-order valence-corrected chi connectivity index (χ0v) is 6.58. The maximum atomic E-state index is 5.19. The van der Waals surface area contributed by atoms with Crippen molar-refractivity contribution in [1.29, 1.82) is 0 Å². The summed E-state index contributed by atoms with van der Waals surface area (Å²) >= 11 is 0.830. The Hall–Kier alpha value is 0.829. The Morgan fingerprint density at radius 2 is 2.43 bits per heavy atom. The van der Waals surface area contributed by atoms with Crippen LogP contribution in [0.25, 0.3) is 0 Å². The van der Waals surface area contributed by atoms with Crippen LogP contribution in [0.5, 0.6) is 0 Å². The second-order valence-corrected chi connectivity index (χ2v) is 5.96. The van der Waals surface area contributed by atoms with E-state index < -0.39 is 0 Å². The molecule has 42 valence electrons. The molecule has 1 saturated heterocycles. The normalized spacial score (nSPS) is 24.0. The Bertz CT molecular complexity index is 31.3. The third-order valence-corrected chi connectivity index (χ3v) is 4.87. The van der Waals surface area contributed by atoms with Gasteiger partial charge in [0.25, 0.3) is 0 Å². The van der Waals surface area contributed by atoms with Crippen molar-refractivity contribution in [2.24, 2.45) is 0 Å². The zero-order valence-electron chi connectivity index (χ0n) is 4.05. The molecule has 1 heterocycles. The topological polar surface area (TPSA) is 9.23 Å². The van der Waals surface area contributed by atoms with Crippen molar-refractivity contribution in [3.63, 3.8) is 0 Å². The second kappa shape index (κ2) is 3.79. The summed E-state index contributed by atoms with van der Waals surface area (Å²) in [7, 11) is 2.05. The third kappa shape index (κ3) is 2.60. The van der Waals surface area contributed by atoms with Gasteiger partial charge in [0.2, 0.25) is 0 Å². The van der Waals surface area contributed by atoms with Gasteiger partial charge in [-0.3, -0.25) is 0 Å². The first-order chi connectivity index (χ1) is 3.50. The summed E-state index contributed by atoms with van der Waals surface area (Å²) in [4.78, 5) is 0. The Morgan fingerprint density at radius 1 is 1.43 bits per heavy atom. The second-order valence-electron chi connectivity index (χ2n) is 1.26. The van der Waals surface area contributed by atoms with Crippen LogP contribution >= 0.6 is 10.2 Å². The zero-order chi connectivity index (χ0) is 4.95. The van der Waals surface area contributed by atoms with E-state index in [2.05, 4.69) is 10.2 Å². The summed E-state index contributed by atoms with van der Waals surface area (Å²) in [6, 6.07) is 0. The molecule has 0 N–H and O–H groups in total. The first-order valence-electron chi connectivity index (χ1n) is 2.32. The van der Waals surface area contributed by atoms with Crippen LogP contribution in [0.4, 0.5) is 0 Å². The summed E-state index contributed by atoms with van der Waals surface area (Å²) < 4.78 is 5.19. The van der Waals surface area contributed by atoms with Gasteiger partial charge in [-0.25, -0.2) is 0 Å². The van der Waals surface area contributed by atoms with E-state index in [0.29, 0.717) is 0 Å². The van der Waals surface area contributed by atoms with Gasteiger partial charge in [-0.1, -0.05) is 0 Å². The van der Waals surface area contributed by atoms with Gasteiger partial charge < -0.3 is 0 Å². The fraction of sp³-hybridized carbons (Fsp3) is 1.00. The molecule has 1 aliphatic heterocycles. The van der Waals surface area contributed by atoms with E-state index in [-0.39, 0.29) is 0 Å². The minimum atomic E-state index is 0.830. The number of rotatable bonds is 0. The summed E-state index contributed by atoms with van der Waals surface area (Å²) in [6.45, 7) is 1.99. The average Bonchev–Trinajstić information content (AvgIpc) is 1.90. The fourth-order valence-corrected chi connectivity index (χ4v) is 3.48. The van der Waals surface area contributed by atoms with E-state index >= 15 is 0 Å². The van der Waals surface area contributed by atoms with Crippen molar-refractivity contribution < 1.29 is 4.74 Å². The molecular weight excluding hydrogens is 175 g/mol. The van der Waals surface area contributed by atoms with Gasteiger partial charge in [-0.05, 0) is 0 Å². The molecular formula is C4H8OSSe. The molecule has 0 spiro atoms. The van der Waals surface area contributed by atoms with E-state index in [4.69, 9.17) is 4.74 Å². The van der Waals surface area contributed by atoms with Gasteiger partial charge in [0.05, 0.1) is 0 Å². The third-order valence-electron chi connectivity index (χ3n) is 0.705. The Kier molecular flexibility index (Phi) is 3.22. The number of ether oxygens (including phenoxy) is 1. The molecule has 0 amide bonds. The molecule has 1 rings (SSSR count). The quantitative estimate of drug-likeness (QED) is 0.513. The van der Waals surface area contributed by atoms with Crippen LogP contribution in [0.1, 0.15) is 0 Å². The molecule has 1 fully saturated rings. The molecule has 0 unspecified atom stereocenters. The molecule has 0 aliphatic carbocycles. The van der Waals surface area contributed by atoms with Gasteiger partial charge >= 0.3 is 53.0 Å². The minimum absolute atomic E-state index is 0.830. The molecule has 7 heavy (non-hydrogen) atoms. The van der Waals surface area contributed by atoms with Crippen LogP contribution in [0.2, 0.25) is 5.32 Å². The van der Waals surface area contributed by atoms with Crippen molar-refractivity contribution in [2.45, 2.75) is 5.32 Å². The van der Waals surface area contributed by atoms with Crippen molar-refractivity contribution in [2.75, 3.05) is 19.0 Å². The van der Waals surface area contributed by atoms with Crippen molar-refractivity contribution in [3.05, 3.63) is 0 Å². The predicted octanol–water partition coefficient (Wildman–Crippen LogP) is 0.787. The van der Waals surface area contributed by atoms with Crippen molar-refractivity contribution in [3.8, 4) is 0 Å². The van der Waals surface area contributed by atoms with E-state index in [9.17, 15) is 0 Å². The van der Waals surface area contributed by atoms with Gasteiger partial charge in [0.1, 0.15) is 0 Å². The Balaban J connectivity index is 2.04. The van der Waals surface area contributed by atoms with Crippen LogP contribution in [0.15, 0.2) is 0 Å². The van der Waals surface area contributed by atoms with Crippen LogP contribution in [-0.2, 0) is 4.74 Å². The van der Waals surface area contributed by atoms with E-state index in [0.717, 1.165) is 27.0 Å². The molecule has 0 saturated carbocycles. The van der Waals surface area contributed by atoms with Gasteiger partial charge in [-0.15, -0.1) is 0 Å². The summed E-state index contributed by atoms with van der Waals surface area (Å²) in [5.74, 6) is 1.22. The summed E-state index contributed by atoms with van der Waals surface area (Å²) in [5.41, 5.74) is 0. The fourth-order valence-electron chi connectivity index (χ4n) is 0.406. The van der Waals surface area contributed by atoms with Gasteiger partial charge in [0.15, 0.2) is 0 Å². The summed E-state index contributed by atoms with van der Waals surface area (Å²) in [5, 5.41) is 1.30. The van der Waals surface area contributed by atoms with E-state index in [1.165, 1.54) is 11.1 Å². The molecule has 0 aromatic carbocycles. The average molecular weight is 183 g/mol. The maximum absolute atomic E-state index is 5.19. The number of hydrogen-bond acceptors (Lipinski definition) is 2. The Morgan fingerprint density at radius 3 is 3.43 bits per heavy atom. The molecule has 1 aliphatic rings. The van der Waals surface area contributed by atoms with Gasteiger partial charge in [0, 0.05) is 0 Å². The monoisotopic (exact) mass is 184 g/mol. The Labute approximate surface area is 53.4 Å². The molecule has 0 bridgehead atoms. The van der Waals surface area contributed by atoms with Crippen molar-refractivity contribution in [1.82, 2.24) is 0 Å². The van der Waals surface area contributed by atoms with Crippen LogP contribution < -0.4 is 0 Å². The van der Waals surface area contributed by atoms with Crippen LogP contribution in [0.3, 0.4) is 0 Å². The predicted molar refractivity (Wildman–Crippen MR) is 33.8 cm³/mol. The van der Waals surface area contributed by atoms with Gasteiger partial charge in [-0.2, -0.15) is 0 Å². The standard InChI is InChI=1S/C4H8OSSe/c1-3-6-7-4-2-5-1/h1-4H2. The first-order valence-corrected chi connectivity index (χ1v) is 6.54. The van der Waals surface area contributed by atoms with Crippen LogP contribution in [-0.4, -0.2) is 32.8 Å². The van der Waals surface area contributed by atoms with E-state index in [1.54, 1.807) is 0 Å². The number of hydrogen-bond donors (Lipinski definition) is 0. The molecule has 1 nitrogen and oxygen atoms in total. The molecule has 0 aromatic heterocycles. The van der Waals surface area contributed by atoms with E-state index in [1.807, 2.05) is 0 Å². The molecule has 0 atom stereocenters. The SMILES string of the molecule is C1CS[Se]CCO1.